The van der Waals surface area contributed by atoms with Gasteiger partial charge in [0.1, 0.15) is 17.7 Å². The quantitative estimate of drug-likeness (QED) is 0.349. The monoisotopic (exact) mass is 592 g/mol. The van der Waals surface area contributed by atoms with Crippen molar-refractivity contribution >= 4 is 23.8 Å². The Morgan fingerprint density at radius 3 is 2.33 bits per heavy atom. The average molecular weight is 593 g/mol. The molecule has 2 heterocycles. The second-order valence-electron chi connectivity index (χ2n) is 12.4. The van der Waals surface area contributed by atoms with E-state index in [9.17, 15) is 24.3 Å². The summed E-state index contributed by atoms with van der Waals surface area (Å²) in [6.45, 7) is 5.34. The highest BCUT2D eigenvalue weighted by atomic mass is 16.6. The number of aliphatic hydroxyl groups is 1. The molecular weight excluding hydrogens is 544 g/mol. The lowest BCUT2D eigenvalue weighted by Crippen LogP contribution is -2.56. The van der Waals surface area contributed by atoms with E-state index >= 15 is 0 Å². The number of carbonyl (C=O) groups is 4. The van der Waals surface area contributed by atoms with Crippen LogP contribution in [0.5, 0.6) is 0 Å². The number of rotatable bonds is 4. The number of aryl methyl sites for hydroxylation is 2. The lowest BCUT2D eigenvalue weighted by atomic mass is 9.84. The van der Waals surface area contributed by atoms with E-state index < -0.39 is 41.6 Å². The molecule has 1 aliphatic heterocycles. The third-order valence-corrected chi connectivity index (χ3v) is 7.52. The molecule has 0 spiro atoms. The Balaban J connectivity index is 1.82. The summed E-state index contributed by atoms with van der Waals surface area (Å²) in [6.07, 6.45) is 7.64. The van der Waals surface area contributed by atoms with Gasteiger partial charge < -0.3 is 35.5 Å². The molecule has 1 aromatic heterocycles. The Kier molecular flexibility index (Phi) is 13.0. The van der Waals surface area contributed by atoms with E-state index in [0.29, 0.717) is 37.6 Å². The van der Waals surface area contributed by atoms with E-state index in [1.54, 1.807) is 20.8 Å². The Morgan fingerprint density at radius 2 is 1.64 bits per heavy atom. The van der Waals surface area contributed by atoms with Gasteiger partial charge in [0.15, 0.2) is 0 Å². The van der Waals surface area contributed by atoms with Gasteiger partial charge in [0.05, 0.1) is 12.6 Å². The number of carbonyl (C=O) groups excluding carboxylic acids is 4. The molecule has 0 unspecified atom stereocenters. The molecule has 0 aromatic carbocycles. The Labute approximate surface area is 247 Å². The fourth-order valence-corrected chi connectivity index (χ4v) is 5.27. The molecule has 42 heavy (non-hydrogen) atoms. The Hall–Kier alpha value is -3.22. The van der Waals surface area contributed by atoms with E-state index in [2.05, 4.69) is 31.5 Å². The van der Waals surface area contributed by atoms with Crippen LogP contribution in [0.25, 0.3) is 0 Å². The zero-order chi connectivity index (χ0) is 30.5. The van der Waals surface area contributed by atoms with Crippen LogP contribution >= 0.6 is 0 Å². The van der Waals surface area contributed by atoms with Gasteiger partial charge in [-0.2, -0.15) is 0 Å². The smallest absolute Gasteiger partial charge is 0.408 e. The van der Waals surface area contributed by atoms with Gasteiger partial charge in [-0.1, -0.05) is 32.1 Å². The zero-order valence-electron chi connectivity index (χ0n) is 25.2. The molecule has 236 valence electrons. The molecule has 13 heteroatoms. The topological polar surface area (TPSA) is 185 Å². The van der Waals surface area contributed by atoms with Crippen LogP contribution in [0.4, 0.5) is 4.79 Å². The Bertz CT molecular complexity index is 1030. The van der Waals surface area contributed by atoms with Crippen LogP contribution in [0.1, 0.15) is 103 Å². The molecule has 2 aliphatic rings. The summed E-state index contributed by atoms with van der Waals surface area (Å²) >= 11 is 0. The number of ether oxygens (including phenoxy) is 1. The first-order valence-corrected chi connectivity index (χ1v) is 15.3. The molecule has 1 aromatic rings. The maximum atomic E-state index is 13.6. The largest absolute Gasteiger partial charge is 0.444 e. The van der Waals surface area contributed by atoms with Gasteiger partial charge in [-0.15, -0.1) is 10.2 Å². The van der Waals surface area contributed by atoms with E-state index in [-0.39, 0.29) is 44.1 Å². The number of aliphatic hydroxyl groups excluding tert-OH is 1. The summed E-state index contributed by atoms with van der Waals surface area (Å²) in [7, 11) is 0. The van der Waals surface area contributed by atoms with Gasteiger partial charge >= 0.3 is 6.09 Å². The Morgan fingerprint density at radius 1 is 0.929 bits per heavy atom. The van der Waals surface area contributed by atoms with Crippen molar-refractivity contribution < 1.29 is 33.4 Å². The predicted octanol–water partition coefficient (Wildman–Crippen LogP) is 2.06. The maximum absolute atomic E-state index is 13.6. The van der Waals surface area contributed by atoms with Crippen LogP contribution in [0.2, 0.25) is 0 Å². The van der Waals surface area contributed by atoms with Crippen molar-refractivity contribution in [1.82, 2.24) is 31.5 Å². The molecule has 0 saturated heterocycles. The minimum Gasteiger partial charge on any atom is -0.444 e. The minimum absolute atomic E-state index is 0.139. The summed E-state index contributed by atoms with van der Waals surface area (Å²) in [5.74, 6) is -0.0834. The number of amides is 4. The first kappa shape index (κ1) is 33.3. The first-order valence-electron chi connectivity index (χ1n) is 15.3. The van der Waals surface area contributed by atoms with Crippen LogP contribution in [0.3, 0.4) is 0 Å². The number of nitrogens with one attached hydrogen (secondary N) is 4. The summed E-state index contributed by atoms with van der Waals surface area (Å²) in [6, 6.07) is -2.55. The summed E-state index contributed by atoms with van der Waals surface area (Å²) in [4.78, 5) is 52.1. The van der Waals surface area contributed by atoms with Gasteiger partial charge in [-0.25, -0.2) is 4.79 Å². The number of alkyl carbamates (subject to hydrolysis) is 1. The van der Waals surface area contributed by atoms with E-state index in [1.807, 2.05) is 0 Å². The highest BCUT2D eigenvalue weighted by molar-refractivity contribution is 5.91. The fraction of sp³-hybridized carbons (Fsp3) is 0.793. The third-order valence-electron chi connectivity index (χ3n) is 7.52. The average Bonchev–Trinajstić information content (AvgIpc) is 3.39. The lowest BCUT2D eigenvalue weighted by Gasteiger charge is -2.29. The fourth-order valence-electron chi connectivity index (χ4n) is 5.27. The normalized spacial score (nSPS) is 24.6. The van der Waals surface area contributed by atoms with Gasteiger partial charge in [0.25, 0.3) is 0 Å². The number of aromatic nitrogens is 2. The molecule has 4 amide bonds. The van der Waals surface area contributed by atoms with Crippen LogP contribution < -0.4 is 21.3 Å². The molecule has 1 fully saturated rings. The van der Waals surface area contributed by atoms with Crippen molar-refractivity contribution in [2.75, 3.05) is 13.2 Å². The molecule has 3 atom stereocenters. The summed E-state index contributed by atoms with van der Waals surface area (Å²) < 4.78 is 11.1. The SMILES string of the molecule is CC(C)(C)OC(=O)N[C@H]1CCc2nnc(o2)CCCCNC(=O)CC[C@@H](CO)NC(=O)[C@H](CC2CCCCC2)NC1=O. The van der Waals surface area contributed by atoms with E-state index in [0.717, 1.165) is 38.5 Å². The van der Waals surface area contributed by atoms with Gasteiger partial charge in [0.2, 0.25) is 29.5 Å². The molecule has 0 radical (unpaired) electrons. The molecule has 1 aliphatic carbocycles. The number of hydrogen-bond acceptors (Lipinski definition) is 9. The molecule has 1 saturated carbocycles. The third kappa shape index (κ3) is 11.9. The second kappa shape index (κ2) is 16.4. The second-order valence-corrected chi connectivity index (χ2v) is 12.4. The van der Waals surface area contributed by atoms with Crippen LogP contribution in [-0.2, 0) is 32.0 Å². The van der Waals surface area contributed by atoms with Crippen molar-refractivity contribution in [3.8, 4) is 0 Å². The number of hydrogen-bond donors (Lipinski definition) is 5. The van der Waals surface area contributed by atoms with Gasteiger partial charge in [-0.3, -0.25) is 14.4 Å². The first-order chi connectivity index (χ1) is 20.0. The van der Waals surface area contributed by atoms with Crippen molar-refractivity contribution in [3.05, 3.63) is 11.8 Å². The van der Waals surface area contributed by atoms with Gasteiger partial charge in [0, 0.05) is 25.8 Å². The van der Waals surface area contributed by atoms with Crippen LogP contribution in [0.15, 0.2) is 4.42 Å². The zero-order valence-corrected chi connectivity index (χ0v) is 25.2. The predicted molar refractivity (Wildman–Crippen MR) is 153 cm³/mol. The maximum Gasteiger partial charge on any atom is 0.408 e. The van der Waals surface area contributed by atoms with E-state index in [4.69, 9.17) is 9.15 Å². The van der Waals surface area contributed by atoms with E-state index in [1.165, 1.54) is 0 Å². The molecule has 3 rings (SSSR count). The van der Waals surface area contributed by atoms with Crippen molar-refractivity contribution in [2.24, 2.45) is 5.92 Å². The van der Waals surface area contributed by atoms with Gasteiger partial charge in [-0.05, 0) is 58.8 Å². The highest BCUT2D eigenvalue weighted by Gasteiger charge is 2.31. The molecule has 13 nitrogen and oxygen atoms in total. The number of nitrogens with zero attached hydrogens (tertiary/aromatic N) is 2. The van der Waals surface area contributed by atoms with Crippen LogP contribution in [0, 0.1) is 5.92 Å². The van der Waals surface area contributed by atoms with Crippen molar-refractivity contribution in [3.63, 3.8) is 0 Å². The summed E-state index contributed by atoms with van der Waals surface area (Å²) in [5, 5.41) is 29.3. The minimum atomic E-state index is -1.03. The highest BCUT2D eigenvalue weighted by Crippen LogP contribution is 2.27. The number of fused-ring (bicyclic) bond motifs is 2. The molecule has 2 bridgehead atoms. The molecule has 5 N–H and O–H groups in total. The van der Waals surface area contributed by atoms with Crippen LogP contribution in [-0.4, -0.2) is 76.0 Å². The molecular formula is C29H48N6O7. The standard InChI is InChI=1S/C29H48N6O7/c1-29(2,3)42-28(40)33-21-13-15-25-35-34-24(41-25)11-7-8-16-30-23(37)14-12-20(18-36)31-27(39)22(32-26(21)38)17-19-9-5-4-6-10-19/h19-22,36H,4-18H2,1-3H3,(H,30,37)(H,31,39)(H,32,38)(H,33,40)/t20-,21-,22-/m0/s1. The lowest BCUT2D eigenvalue weighted by molar-refractivity contribution is -0.131. The van der Waals surface area contributed by atoms with Crippen molar-refractivity contribution in [1.29, 1.82) is 0 Å². The van der Waals surface area contributed by atoms with Crippen molar-refractivity contribution in [2.45, 2.75) is 128 Å². The summed E-state index contributed by atoms with van der Waals surface area (Å²) in [5.41, 5.74) is -0.769.